The number of benzene rings is 1. The van der Waals surface area contributed by atoms with Crippen molar-refractivity contribution in [1.29, 1.82) is 0 Å². The maximum atomic E-state index is 12.2. The highest BCUT2D eigenvalue weighted by Gasteiger charge is 2.27. The largest absolute Gasteiger partial charge is 0.445 e. The number of carbonyl (C=O) groups is 1. The van der Waals surface area contributed by atoms with Gasteiger partial charge in [-0.2, -0.15) is 0 Å². The molecule has 1 aromatic carbocycles. The molecule has 2 aromatic rings. The van der Waals surface area contributed by atoms with Crippen LogP contribution in [0.4, 0.5) is 10.5 Å². The summed E-state index contributed by atoms with van der Waals surface area (Å²) in [5.74, 6) is 0.548. The Kier molecular flexibility index (Phi) is 5.88. The molecule has 1 atom stereocenters. The maximum Gasteiger partial charge on any atom is 0.410 e. The molecule has 1 aliphatic rings. The van der Waals surface area contributed by atoms with Crippen LogP contribution >= 0.6 is 0 Å². The van der Waals surface area contributed by atoms with Crippen molar-refractivity contribution in [3.05, 3.63) is 60.4 Å². The molecule has 0 saturated carbocycles. The monoisotopic (exact) mass is 339 g/mol. The third-order valence-electron chi connectivity index (χ3n) is 4.78. The minimum Gasteiger partial charge on any atom is -0.445 e. The molecule has 1 N–H and O–H groups in total. The molecule has 132 valence electrons. The molecular formula is C20H25N3O2. The summed E-state index contributed by atoms with van der Waals surface area (Å²) in [6, 6.07) is 14.1. The maximum absolute atomic E-state index is 12.2. The van der Waals surface area contributed by atoms with E-state index in [1.165, 1.54) is 0 Å². The Labute approximate surface area is 149 Å². The number of aromatic nitrogens is 1. The Bertz CT molecular complexity index is 655. The third kappa shape index (κ3) is 4.95. The Morgan fingerprint density at radius 1 is 1.20 bits per heavy atom. The molecule has 3 rings (SSSR count). The number of anilines is 1. The summed E-state index contributed by atoms with van der Waals surface area (Å²) >= 11 is 0. The Morgan fingerprint density at radius 3 is 2.56 bits per heavy atom. The van der Waals surface area contributed by atoms with E-state index in [0.29, 0.717) is 18.6 Å². The number of hydrogen-bond donors (Lipinski definition) is 1. The van der Waals surface area contributed by atoms with E-state index in [9.17, 15) is 4.79 Å². The van der Waals surface area contributed by atoms with Gasteiger partial charge >= 0.3 is 6.09 Å². The number of amides is 1. The number of rotatable bonds is 5. The molecule has 25 heavy (non-hydrogen) atoms. The number of nitrogens with zero attached hydrogens (tertiary/aromatic N) is 2. The van der Waals surface area contributed by atoms with Gasteiger partial charge in [0.2, 0.25) is 0 Å². The molecule has 2 heterocycles. The zero-order valence-corrected chi connectivity index (χ0v) is 14.6. The fourth-order valence-corrected chi connectivity index (χ4v) is 3.22. The zero-order chi connectivity index (χ0) is 17.5. The third-order valence-corrected chi connectivity index (χ3v) is 4.78. The van der Waals surface area contributed by atoms with Gasteiger partial charge in [0, 0.05) is 37.2 Å². The molecule has 1 saturated heterocycles. The molecule has 1 aliphatic heterocycles. The van der Waals surface area contributed by atoms with Gasteiger partial charge in [-0.05, 0) is 43.4 Å². The Morgan fingerprint density at radius 2 is 1.88 bits per heavy atom. The first kappa shape index (κ1) is 17.3. The van der Waals surface area contributed by atoms with E-state index < -0.39 is 0 Å². The highest BCUT2D eigenvalue weighted by molar-refractivity contribution is 5.67. The van der Waals surface area contributed by atoms with Crippen LogP contribution in [-0.4, -0.2) is 35.1 Å². The molecule has 1 fully saturated rings. The summed E-state index contributed by atoms with van der Waals surface area (Å²) in [5, 5.41) is 3.53. The van der Waals surface area contributed by atoms with Crippen LogP contribution in [0.5, 0.6) is 0 Å². The Hall–Kier alpha value is -2.56. The van der Waals surface area contributed by atoms with Crippen LogP contribution < -0.4 is 5.32 Å². The van der Waals surface area contributed by atoms with Gasteiger partial charge in [-0.1, -0.05) is 30.3 Å². The number of ether oxygens (including phenoxy) is 1. The minimum atomic E-state index is -0.211. The van der Waals surface area contributed by atoms with Crippen LogP contribution in [0.2, 0.25) is 0 Å². The fourth-order valence-electron chi connectivity index (χ4n) is 3.22. The molecule has 5 nitrogen and oxygen atoms in total. The Balaban J connectivity index is 1.42. The number of carbonyl (C=O) groups excluding carboxylic acids is 1. The molecule has 1 aromatic heterocycles. The van der Waals surface area contributed by atoms with Gasteiger partial charge < -0.3 is 15.0 Å². The summed E-state index contributed by atoms with van der Waals surface area (Å²) in [7, 11) is 0. The average Bonchev–Trinajstić information content (AvgIpc) is 2.68. The number of piperidine rings is 1. The molecule has 0 bridgehead atoms. The van der Waals surface area contributed by atoms with Crippen molar-refractivity contribution in [3.63, 3.8) is 0 Å². The summed E-state index contributed by atoms with van der Waals surface area (Å²) < 4.78 is 5.42. The fraction of sp³-hybridized carbons (Fsp3) is 0.400. The van der Waals surface area contributed by atoms with E-state index in [0.717, 1.165) is 37.2 Å². The summed E-state index contributed by atoms with van der Waals surface area (Å²) in [4.78, 5) is 18.1. The zero-order valence-electron chi connectivity index (χ0n) is 14.6. The molecule has 1 unspecified atom stereocenters. The molecule has 5 heteroatoms. The number of likely N-dealkylation sites (tertiary alicyclic amines) is 1. The van der Waals surface area contributed by atoms with Crippen LogP contribution in [0.25, 0.3) is 0 Å². The van der Waals surface area contributed by atoms with E-state index in [-0.39, 0.29) is 6.09 Å². The van der Waals surface area contributed by atoms with Crippen LogP contribution in [0.15, 0.2) is 54.9 Å². The summed E-state index contributed by atoms with van der Waals surface area (Å²) in [6.45, 7) is 4.04. The standard InChI is InChI=1S/C20H25N3O2/c1-16(22-19-7-11-21-12-8-19)18-9-13-23(14-10-18)20(24)25-15-17-5-3-2-4-6-17/h2-8,11-12,16,18H,9-10,13-15H2,1H3,(H,21,22). The quantitative estimate of drug-likeness (QED) is 0.897. The molecular weight excluding hydrogens is 314 g/mol. The molecule has 0 aliphatic carbocycles. The molecule has 0 radical (unpaired) electrons. The molecule has 0 spiro atoms. The van der Waals surface area contributed by atoms with Crippen LogP contribution in [0.1, 0.15) is 25.3 Å². The summed E-state index contributed by atoms with van der Waals surface area (Å²) in [5.41, 5.74) is 2.10. The van der Waals surface area contributed by atoms with Crippen molar-refractivity contribution in [2.75, 3.05) is 18.4 Å². The lowest BCUT2D eigenvalue weighted by Crippen LogP contribution is -2.42. The highest BCUT2D eigenvalue weighted by atomic mass is 16.6. The minimum absolute atomic E-state index is 0.211. The van der Waals surface area contributed by atoms with Crippen molar-refractivity contribution in [2.24, 2.45) is 5.92 Å². The summed E-state index contributed by atoms with van der Waals surface area (Å²) in [6.07, 6.45) is 5.34. The number of hydrogen-bond acceptors (Lipinski definition) is 4. The van der Waals surface area contributed by atoms with Gasteiger partial charge in [-0.15, -0.1) is 0 Å². The van der Waals surface area contributed by atoms with Crippen LogP contribution in [0.3, 0.4) is 0 Å². The lowest BCUT2D eigenvalue weighted by molar-refractivity contribution is 0.0810. The SMILES string of the molecule is CC(Nc1ccncc1)C1CCN(C(=O)OCc2ccccc2)CC1. The van der Waals surface area contributed by atoms with Gasteiger partial charge in [0.15, 0.2) is 0 Å². The first-order valence-corrected chi connectivity index (χ1v) is 8.84. The van der Waals surface area contributed by atoms with E-state index in [1.54, 1.807) is 12.4 Å². The van der Waals surface area contributed by atoms with E-state index in [2.05, 4.69) is 17.2 Å². The van der Waals surface area contributed by atoms with Crippen molar-refractivity contribution in [3.8, 4) is 0 Å². The van der Waals surface area contributed by atoms with Crippen molar-refractivity contribution >= 4 is 11.8 Å². The van der Waals surface area contributed by atoms with Gasteiger partial charge in [0.1, 0.15) is 6.61 Å². The average molecular weight is 339 g/mol. The predicted molar refractivity (Wildman–Crippen MR) is 98.2 cm³/mol. The van der Waals surface area contributed by atoms with Gasteiger partial charge in [-0.3, -0.25) is 4.98 Å². The second-order valence-electron chi connectivity index (χ2n) is 6.53. The molecule has 1 amide bonds. The van der Waals surface area contributed by atoms with Crippen LogP contribution in [-0.2, 0) is 11.3 Å². The second-order valence-corrected chi connectivity index (χ2v) is 6.53. The topological polar surface area (TPSA) is 54.5 Å². The first-order chi connectivity index (χ1) is 12.2. The van der Waals surface area contributed by atoms with Gasteiger partial charge in [-0.25, -0.2) is 4.79 Å². The smallest absolute Gasteiger partial charge is 0.410 e. The lowest BCUT2D eigenvalue weighted by atomic mass is 9.90. The first-order valence-electron chi connectivity index (χ1n) is 8.84. The van der Waals surface area contributed by atoms with E-state index in [1.807, 2.05) is 47.4 Å². The van der Waals surface area contributed by atoms with Gasteiger partial charge in [0.05, 0.1) is 0 Å². The normalized spacial score (nSPS) is 16.3. The second kappa shape index (κ2) is 8.51. The van der Waals surface area contributed by atoms with Crippen molar-refractivity contribution in [1.82, 2.24) is 9.88 Å². The van der Waals surface area contributed by atoms with E-state index in [4.69, 9.17) is 4.74 Å². The van der Waals surface area contributed by atoms with E-state index >= 15 is 0 Å². The van der Waals surface area contributed by atoms with Gasteiger partial charge in [0.25, 0.3) is 0 Å². The van der Waals surface area contributed by atoms with Crippen LogP contribution in [0, 0.1) is 5.92 Å². The lowest BCUT2D eigenvalue weighted by Gasteiger charge is -2.34. The number of pyridine rings is 1. The van der Waals surface area contributed by atoms with Crippen molar-refractivity contribution < 1.29 is 9.53 Å². The number of nitrogens with one attached hydrogen (secondary N) is 1. The predicted octanol–water partition coefficient (Wildman–Crippen LogP) is 3.93. The van der Waals surface area contributed by atoms with Crippen molar-refractivity contribution in [2.45, 2.75) is 32.4 Å². The highest BCUT2D eigenvalue weighted by Crippen LogP contribution is 2.23.